The molecule has 0 spiro atoms. The highest BCUT2D eigenvalue weighted by molar-refractivity contribution is 9.10. The highest BCUT2D eigenvalue weighted by Gasteiger charge is 2.21. The van der Waals surface area contributed by atoms with Gasteiger partial charge < -0.3 is 10.6 Å². The van der Waals surface area contributed by atoms with Gasteiger partial charge in [-0.1, -0.05) is 15.9 Å². The predicted octanol–water partition coefficient (Wildman–Crippen LogP) is 3.16. The van der Waals surface area contributed by atoms with E-state index in [4.69, 9.17) is 0 Å². The quantitative estimate of drug-likeness (QED) is 0.780. The summed E-state index contributed by atoms with van der Waals surface area (Å²) in [5, 5.41) is 13.0. The lowest BCUT2D eigenvalue weighted by Crippen LogP contribution is -2.41. The molecule has 1 aliphatic carbocycles. The molecule has 1 aromatic heterocycles. The largest absolute Gasteiger partial charge is 0.335 e. The Hall–Kier alpha value is -1.82. The first kappa shape index (κ1) is 14.1. The molecule has 0 saturated carbocycles. The first-order valence-electron chi connectivity index (χ1n) is 6.96. The van der Waals surface area contributed by atoms with Crippen molar-refractivity contribution in [3.05, 3.63) is 45.7 Å². The van der Waals surface area contributed by atoms with Gasteiger partial charge in [-0.25, -0.2) is 4.79 Å². The van der Waals surface area contributed by atoms with Crippen LogP contribution in [0.25, 0.3) is 0 Å². The topological polar surface area (TPSA) is 69.8 Å². The lowest BCUT2D eigenvalue weighted by molar-refractivity contribution is 0.247. The SMILES string of the molecule is Cc1cc(Br)cc(NC(=O)NC2CCc3cn[nH]c3C2)c1. The molecule has 1 heterocycles. The number of aromatic amines is 1. The number of fused-ring (bicyclic) bond motifs is 1. The maximum atomic E-state index is 12.1. The number of amides is 2. The van der Waals surface area contributed by atoms with Gasteiger partial charge in [-0.15, -0.1) is 0 Å². The van der Waals surface area contributed by atoms with E-state index in [1.807, 2.05) is 31.3 Å². The number of aromatic nitrogens is 2. The summed E-state index contributed by atoms with van der Waals surface area (Å²) in [4.78, 5) is 12.1. The Kier molecular flexibility index (Phi) is 3.96. The molecule has 1 aromatic carbocycles. The van der Waals surface area contributed by atoms with Gasteiger partial charge in [0.2, 0.25) is 0 Å². The Morgan fingerprint density at radius 3 is 3.10 bits per heavy atom. The average molecular weight is 349 g/mol. The molecule has 110 valence electrons. The molecule has 3 N–H and O–H groups in total. The van der Waals surface area contributed by atoms with Crippen LogP contribution in [0.1, 0.15) is 23.2 Å². The standard InChI is InChI=1S/C15H17BrN4O/c1-9-4-11(16)6-13(5-9)19-15(21)18-12-3-2-10-8-17-20-14(10)7-12/h4-6,8,12H,2-3,7H2,1H3,(H,17,20)(H2,18,19,21). The first-order valence-corrected chi connectivity index (χ1v) is 7.75. The minimum absolute atomic E-state index is 0.145. The number of hydrogen-bond acceptors (Lipinski definition) is 2. The third-order valence-corrected chi connectivity index (χ3v) is 4.11. The van der Waals surface area contributed by atoms with Crippen molar-refractivity contribution in [1.29, 1.82) is 0 Å². The molecule has 5 nitrogen and oxygen atoms in total. The molecule has 2 aromatic rings. The monoisotopic (exact) mass is 348 g/mol. The van der Waals surface area contributed by atoms with Crippen LogP contribution < -0.4 is 10.6 Å². The maximum absolute atomic E-state index is 12.1. The van der Waals surface area contributed by atoms with Gasteiger partial charge in [0.05, 0.1) is 6.20 Å². The third-order valence-electron chi connectivity index (χ3n) is 3.66. The summed E-state index contributed by atoms with van der Waals surface area (Å²) < 4.78 is 0.956. The predicted molar refractivity (Wildman–Crippen MR) is 85.4 cm³/mol. The second kappa shape index (κ2) is 5.89. The van der Waals surface area contributed by atoms with Crippen molar-refractivity contribution in [2.45, 2.75) is 32.2 Å². The van der Waals surface area contributed by atoms with Crippen LogP contribution in [0.3, 0.4) is 0 Å². The van der Waals surface area contributed by atoms with E-state index >= 15 is 0 Å². The molecule has 0 fully saturated rings. The molecule has 6 heteroatoms. The van der Waals surface area contributed by atoms with Crippen molar-refractivity contribution in [3.63, 3.8) is 0 Å². The van der Waals surface area contributed by atoms with Crippen LogP contribution in [0.15, 0.2) is 28.9 Å². The minimum Gasteiger partial charge on any atom is -0.335 e. The summed E-state index contributed by atoms with van der Waals surface area (Å²) >= 11 is 3.43. The van der Waals surface area contributed by atoms with Crippen molar-refractivity contribution in [3.8, 4) is 0 Å². The molecule has 0 saturated heterocycles. The first-order chi connectivity index (χ1) is 10.1. The number of urea groups is 1. The Bertz CT molecular complexity index is 647. The number of nitrogens with zero attached hydrogens (tertiary/aromatic N) is 1. The second-order valence-corrected chi connectivity index (χ2v) is 6.34. The van der Waals surface area contributed by atoms with Gasteiger partial charge in [0.1, 0.15) is 0 Å². The summed E-state index contributed by atoms with van der Waals surface area (Å²) in [6.45, 7) is 1.99. The lowest BCUT2D eigenvalue weighted by atomic mass is 9.94. The Morgan fingerprint density at radius 1 is 1.43 bits per heavy atom. The summed E-state index contributed by atoms with van der Waals surface area (Å²) in [6, 6.07) is 5.81. The maximum Gasteiger partial charge on any atom is 0.319 e. The van der Waals surface area contributed by atoms with Crippen molar-refractivity contribution < 1.29 is 4.79 Å². The molecule has 2 amide bonds. The van der Waals surface area contributed by atoms with E-state index in [-0.39, 0.29) is 12.1 Å². The van der Waals surface area contributed by atoms with Gasteiger partial charge in [-0.3, -0.25) is 5.10 Å². The van der Waals surface area contributed by atoms with Crippen LogP contribution in [0, 0.1) is 6.92 Å². The van der Waals surface area contributed by atoms with E-state index in [0.717, 1.165) is 40.7 Å². The third kappa shape index (κ3) is 3.44. The average Bonchev–Trinajstić information content (AvgIpc) is 2.84. The molecule has 1 unspecified atom stereocenters. The molecule has 21 heavy (non-hydrogen) atoms. The van der Waals surface area contributed by atoms with Crippen molar-refractivity contribution >= 4 is 27.6 Å². The molecule has 3 rings (SSSR count). The van der Waals surface area contributed by atoms with E-state index < -0.39 is 0 Å². The molecular weight excluding hydrogens is 332 g/mol. The van der Waals surface area contributed by atoms with Crippen LogP contribution in [0.2, 0.25) is 0 Å². The van der Waals surface area contributed by atoms with E-state index in [0.29, 0.717) is 0 Å². The molecule has 0 radical (unpaired) electrons. The van der Waals surface area contributed by atoms with Crippen LogP contribution in [0.4, 0.5) is 10.5 Å². The van der Waals surface area contributed by atoms with Crippen LogP contribution in [-0.2, 0) is 12.8 Å². The van der Waals surface area contributed by atoms with Gasteiger partial charge in [0.25, 0.3) is 0 Å². The highest BCUT2D eigenvalue weighted by Crippen LogP contribution is 2.20. The van der Waals surface area contributed by atoms with Gasteiger partial charge in [-0.05, 0) is 49.1 Å². The molecule has 1 aliphatic rings. The molecule has 0 aliphatic heterocycles. The van der Waals surface area contributed by atoms with Crippen molar-refractivity contribution in [2.24, 2.45) is 0 Å². The zero-order valence-corrected chi connectivity index (χ0v) is 13.3. The molecular formula is C15H17BrN4O. The van der Waals surface area contributed by atoms with Gasteiger partial charge in [-0.2, -0.15) is 5.10 Å². The number of aryl methyl sites for hydroxylation is 2. The Labute approximate surface area is 131 Å². The number of nitrogens with one attached hydrogen (secondary N) is 3. The number of halogens is 1. The second-order valence-electron chi connectivity index (χ2n) is 5.43. The van der Waals surface area contributed by atoms with E-state index in [2.05, 4.69) is 36.8 Å². The van der Waals surface area contributed by atoms with Crippen LogP contribution >= 0.6 is 15.9 Å². The fourth-order valence-corrected chi connectivity index (χ4v) is 3.30. The van der Waals surface area contributed by atoms with Gasteiger partial charge in [0, 0.05) is 28.3 Å². The zero-order valence-electron chi connectivity index (χ0n) is 11.7. The summed E-state index contributed by atoms with van der Waals surface area (Å²) in [5.74, 6) is 0. The minimum atomic E-state index is -0.166. The zero-order chi connectivity index (χ0) is 14.8. The molecule has 0 bridgehead atoms. The smallest absolute Gasteiger partial charge is 0.319 e. The van der Waals surface area contributed by atoms with Crippen LogP contribution in [-0.4, -0.2) is 22.3 Å². The number of anilines is 1. The highest BCUT2D eigenvalue weighted by atomic mass is 79.9. The fraction of sp³-hybridized carbons (Fsp3) is 0.333. The fourth-order valence-electron chi connectivity index (χ4n) is 2.69. The summed E-state index contributed by atoms with van der Waals surface area (Å²) in [6.07, 6.45) is 4.57. The number of rotatable bonds is 2. The van der Waals surface area contributed by atoms with E-state index in [1.54, 1.807) is 0 Å². The summed E-state index contributed by atoms with van der Waals surface area (Å²) in [5.41, 5.74) is 4.28. The van der Waals surface area contributed by atoms with Crippen molar-refractivity contribution in [1.82, 2.24) is 15.5 Å². The number of carbonyl (C=O) groups is 1. The summed E-state index contributed by atoms with van der Waals surface area (Å²) in [7, 11) is 0. The van der Waals surface area contributed by atoms with Crippen LogP contribution in [0.5, 0.6) is 0 Å². The number of benzene rings is 1. The normalized spacial score (nSPS) is 17.1. The van der Waals surface area contributed by atoms with E-state index in [9.17, 15) is 4.79 Å². The Balaban J connectivity index is 1.60. The van der Waals surface area contributed by atoms with Crippen molar-refractivity contribution in [2.75, 3.05) is 5.32 Å². The van der Waals surface area contributed by atoms with Gasteiger partial charge in [0.15, 0.2) is 0 Å². The van der Waals surface area contributed by atoms with E-state index in [1.165, 1.54) is 5.56 Å². The molecule has 1 atom stereocenters. The Morgan fingerprint density at radius 2 is 2.29 bits per heavy atom. The number of hydrogen-bond donors (Lipinski definition) is 3. The van der Waals surface area contributed by atoms with Gasteiger partial charge >= 0.3 is 6.03 Å². The lowest BCUT2D eigenvalue weighted by Gasteiger charge is -2.23. The number of carbonyl (C=O) groups excluding carboxylic acids is 1. The number of H-pyrrole nitrogens is 1.